The number of carbonyl (C=O) groups is 7. The number of amides is 5. The van der Waals surface area contributed by atoms with Crippen LogP contribution in [0.1, 0.15) is 113 Å². The average molecular weight is 2030 g/mol. The summed E-state index contributed by atoms with van der Waals surface area (Å²) in [4.78, 5) is 86.0. The van der Waals surface area contributed by atoms with E-state index in [1.165, 1.54) is 68.1 Å². The molecule has 10 N–H and O–H groups in total. The lowest BCUT2D eigenvalue weighted by molar-refractivity contribution is 0.0986. The molecule has 0 saturated carbocycles. The topological polar surface area (TPSA) is 506 Å². The van der Waals surface area contributed by atoms with Crippen LogP contribution >= 0.6 is 0 Å². The summed E-state index contributed by atoms with van der Waals surface area (Å²) in [5.74, 6) is 6.45. The number of hydrogen-bond donors (Lipinski definition) is 10. The van der Waals surface area contributed by atoms with Crippen LogP contribution in [-0.4, -0.2) is 172 Å². The number of carbonyl (C=O) groups excluding carboxylic acids is 7. The summed E-state index contributed by atoms with van der Waals surface area (Å²) in [5, 5.41) is 31.4. The number of nitrogens with one attached hydrogen (secondary N) is 10. The predicted octanol–water partition coefficient (Wildman–Crippen LogP) is 14.5. The van der Waals surface area contributed by atoms with Gasteiger partial charge in [0.2, 0.25) is 50.1 Å². The molecule has 0 spiro atoms. The number of para-hydroxylation sites is 6. The van der Waals surface area contributed by atoms with Crippen molar-refractivity contribution in [2.24, 2.45) is 0 Å². The fourth-order valence-electron chi connectivity index (χ4n) is 12.2. The first-order valence-corrected chi connectivity index (χ1v) is 53.0. The van der Waals surface area contributed by atoms with Crippen molar-refractivity contribution in [1.82, 2.24) is 0 Å². The highest BCUT2D eigenvalue weighted by atomic mass is 32.2. The molecule has 0 aliphatic heterocycles. The van der Waals surface area contributed by atoms with Crippen molar-refractivity contribution >= 4 is 169 Å². The number of ether oxygens (including phenoxy) is 3. The van der Waals surface area contributed by atoms with Crippen LogP contribution in [-0.2, 0) is 82.1 Å². The molecule has 12 aromatic carbocycles. The lowest BCUT2D eigenvalue weighted by atomic mass is 9.99. The van der Waals surface area contributed by atoms with Gasteiger partial charge in [-0.3, -0.25) is 57.2 Å². The molecular weight excluding hydrogens is 1920 g/mol. The third-order valence-electron chi connectivity index (χ3n) is 18.9. The second kappa shape index (κ2) is 52.9. The van der Waals surface area contributed by atoms with Gasteiger partial charge in [-0.2, -0.15) is 10.5 Å². The molecule has 0 aromatic heterocycles. The quantitative estimate of drug-likeness (QED) is 0.0104. The number of anilines is 11. The number of terminal acetylenes is 2. The molecule has 0 bridgehead atoms. The minimum Gasteiger partial charge on any atom is -0.495 e. The van der Waals surface area contributed by atoms with E-state index in [9.17, 15) is 79.9 Å². The Morgan fingerprint density at radius 1 is 0.369 bits per heavy atom. The van der Waals surface area contributed by atoms with E-state index in [0.717, 1.165) is 37.0 Å². The first-order chi connectivity index (χ1) is 66.6. The number of nitriles is 2. The van der Waals surface area contributed by atoms with Crippen molar-refractivity contribution in [1.29, 1.82) is 10.5 Å². The van der Waals surface area contributed by atoms with Crippen molar-refractivity contribution in [2.45, 2.75) is 19.8 Å². The van der Waals surface area contributed by atoms with E-state index in [1.807, 2.05) is 24.3 Å². The van der Waals surface area contributed by atoms with E-state index in [0.29, 0.717) is 85.4 Å². The number of benzene rings is 12. The van der Waals surface area contributed by atoms with Crippen LogP contribution in [0, 0.1) is 47.3 Å². The van der Waals surface area contributed by atoms with E-state index in [4.69, 9.17) is 37.6 Å². The SMILES string of the molecule is C#Cc1ccc(NC(=O)c2ccccc2NS(=O)(=O)CCOC)cc1.C#Cc1cccc(NC(=O)c2ccccc2NS(C)(=O)=O)c1.C=S(C)(=O)N(C)c1ccccc1C(=O)Nc1ccc(C#N)cc1.CC(=O)c1cccc(CC(=O)c2ccccc2NS(C)(=O)=O)c1.COCCc1ccc(NC(=O)c2ccccc2NS(C)(=O)=O)cc1.COc1ccc(NC(=O)c2ccccc2NS(C)(=O)=O)cc1C#N. The highest BCUT2D eigenvalue weighted by Gasteiger charge is 2.23. The van der Waals surface area contributed by atoms with Gasteiger partial charge in [0.25, 0.3) is 29.5 Å². The van der Waals surface area contributed by atoms with Crippen LogP contribution in [0.25, 0.3) is 0 Å². The van der Waals surface area contributed by atoms with Gasteiger partial charge in [-0.25, -0.2) is 46.3 Å². The smallest absolute Gasteiger partial charge is 0.257 e. The molecule has 0 aliphatic carbocycles. The van der Waals surface area contributed by atoms with Gasteiger partial charge in [0, 0.05) is 94.3 Å². The van der Waals surface area contributed by atoms with Crippen molar-refractivity contribution in [3.05, 3.63) is 357 Å². The fourth-order valence-corrected chi connectivity index (χ4v) is 16.1. The van der Waals surface area contributed by atoms with Crippen LogP contribution in [0.4, 0.5) is 62.6 Å². The zero-order valence-electron chi connectivity index (χ0n) is 77.9. The number of nitrogens with zero attached hydrogens (tertiary/aromatic N) is 3. The van der Waals surface area contributed by atoms with Crippen LogP contribution in [0.3, 0.4) is 0 Å². The molecule has 0 aliphatic rings. The minimum absolute atomic E-state index is 0.0607. The Balaban J connectivity index is 0.000000230. The van der Waals surface area contributed by atoms with Crippen molar-refractivity contribution < 1.29 is 94.1 Å². The maximum absolute atomic E-state index is 12.5. The largest absolute Gasteiger partial charge is 0.495 e. The molecule has 0 saturated heterocycles. The van der Waals surface area contributed by atoms with Gasteiger partial charge in [0.1, 0.15) is 11.8 Å². The Kier molecular flexibility index (Phi) is 41.9. The van der Waals surface area contributed by atoms with Crippen LogP contribution in [0.5, 0.6) is 5.75 Å². The Labute approximate surface area is 821 Å². The van der Waals surface area contributed by atoms with Gasteiger partial charge in [0.15, 0.2) is 11.6 Å². The number of Topliss-reactive ketones (excluding diaryl/α,β-unsaturated/α-hetero) is 2. The van der Waals surface area contributed by atoms with E-state index >= 15 is 0 Å². The second-order valence-corrected chi connectivity index (χ2v) is 41.6. The number of ketones is 2. The summed E-state index contributed by atoms with van der Waals surface area (Å²) in [7, 11) is -13.9. The molecule has 1 unspecified atom stereocenters. The van der Waals surface area contributed by atoms with E-state index in [2.05, 4.69) is 67.9 Å². The Hall–Kier alpha value is -16.3. The maximum Gasteiger partial charge on any atom is 0.257 e. The maximum atomic E-state index is 12.5. The van der Waals surface area contributed by atoms with E-state index < -0.39 is 77.5 Å². The third-order valence-corrected chi connectivity index (χ3v) is 23.9. The van der Waals surface area contributed by atoms with E-state index in [1.54, 1.807) is 251 Å². The summed E-state index contributed by atoms with van der Waals surface area (Å²) >= 11 is 0. The molecule has 0 fully saturated rings. The molecule has 0 heterocycles. The summed E-state index contributed by atoms with van der Waals surface area (Å²) < 4.78 is 155. The molecule has 12 rings (SSSR count). The third kappa shape index (κ3) is 38.3. The van der Waals surface area contributed by atoms with Crippen molar-refractivity contribution in [2.75, 3.05) is 133 Å². The Bertz CT molecular complexity index is 7460. The molecule has 5 amide bonds. The molecule has 34 nitrogen and oxygen atoms in total. The van der Waals surface area contributed by atoms with E-state index in [-0.39, 0.29) is 98.4 Å². The van der Waals surface area contributed by atoms with Crippen molar-refractivity contribution in [3.8, 4) is 42.6 Å². The first-order valence-electron chi connectivity index (χ1n) is 41.7. The summed E-state index contributed by atoms with van der Waals surface area (Å²) in [6.45, 7) is 2.16. The lowest BCUT2D eigenvalue weighted by Crippen LogP contribution is -2.27. The minimum atomic E-state index is -3.61. The Morgan fingerprint density at radius 2 is 0.730 bits per heavy atom. The van der Waals surface area contributed by atoms with Crippen LogP contribution < -0.4 is 59.2 Å². The fraction of sp³-hybridized carbons (Fsp3) is 0.149. The molecule has 0 radical (unpaired) electrons. The first kappa shape index (κ1) is 112. The molecule has 40 heteroatoms. The van der Waals surface area contributed by atoms with Crippen molar-refractivity contribution in [3.63, 3.8) is 0 Å². The van der Waals surface area contributed by atoms with Gasteiger partial charge < -0.3 is 45.1 Å². The van der Waals surface area contributed by atoms with Gasteiger partial charge in [-0.1, -0.05) is 121 Å². The zero-order chi connectivity index (χ0) is 104. The van der Waals surface area contributed by atoms with Gasteiger partial charge in [0.05, 0.1) is 130 Å². The highest BCUT2D eigenvalue weighted by Crippen LogP contribution is 2.29. The molecule has 1 atom stereocenters. The number of sulfonamides is 5. The summed E-state index contributed by atoms with van der Waals surface area (Å²) in [5.41, 5.74) is 10.4. The molecule has 141 heavy (non-hydrogen) atoms. The summed E-state index contributed by atoms with van der Waals surface area (Å²) in [6, 6.07) is 81.8. The van der Waals surface area contributed by atoms with Gasteiger partial charge in [-0.05, 0) is 206 Å². The number of rotatable bonds is 33. The standard InChI is InChI=1S/C18H18N2O4S.C17H17N3O2S.C17H20N2O4S.C17H17NO4S.C16H15N3O4S.C16H14N2O3S/c1-3-14-8-10-15(11-9-14)19-18(21)16-6-4-5-7-17(16)20-25(22,23)13-12-24-2;1-20(23(2,3)22)16-7-5-4-6-15(16)17(21)19-14-10-8-13(12-18)9-11-14;1-23-12-11-13-7-9-14(10-8-13)18-17(20)15-5-3-4-6-16(15)19-24(2,21)22;1-12(19)14-7-5-6-13(10-14)11-17(20)15-8-3-4-9-16(15)18-23(2,21)22;1-23-15-8-7-12(9-11(15)10-17)18-16(20)13-5-3-4-6-14(13)19-24(2,21)22;1-3-12-7-6-8-13(11-12)17-16(19)14-9-4-5-10-15(14)18-22(2,20)21/h1,4-11,20H,12-13H2,2H3,(H,19,21);4-11H,2H2,1,3H3,(H,19,21);3-10,19H,11-12H2,1-2H3,(H,18,20);3-10,18H,11H2,1-2H3;3-9,19H,1-2H3,(H,18,20);1,4-11,18H,2H3,(H,17,19). The Morgan fingerprint density at radius 3 is 1.13 bits per heavy atom. The summed E-state index contributed by atoms with van der Waals surface area (Å²) in [6.07, 6.45) is 17.1. The number of hydrogen-bond acceptors (Lipinski definition) is 23. The highest BCUT2D eigenvalue weighted by molar-refractivity contribution is 8.00. The van der Waals surface area contributed by atoms with Crippen LogP contribution in [0.2, 0.25) is 0 Å². The zero-order valence-corrected chi connectivity index (χ0v) is 82.8. The molecule has 12 aromatic rings. The van der Waals surface area contributed by atoms with Gasteiger partial charge in [-0.15, -0.1) is 12.8 Å². The lowest BCUT2D eigenvalue weighted by Gasteiger charge is -2.23. The number of methoxy groups -OCH3 is 3. The normalized spacial score (nSPS) is 11.1. The predicted molar refractivity (Wildman–Crippen MR) is 555 cm³/mol. The second-order valence-electron chi connectivity index (χ2n) is 30.3. The molecule has 732 valence electrons. The average Bonchev–Trinajstić information content (AvgIpc) is 0.812. The van der Waals surface area contributed by atoms with Gasteiger partial charge >= 0.3 is 0 Å². The van der Waals surface area contributed by atoms with Crippen LogP contribution in [0.15, 0.2) is 285 Å². The monoisotopic (exact) mass is 2020 g/mol. The molecular formula is C101H101N13O21S6.